The molecule has 1 amide bonds. The van der Waals surface area contributed by atoms with E-state index in [2.05, 4.69) is 11.8 Å². The molecule has 6 nitrogen and oxygen atoms in total. The molecule has 0 spiro atoms. The third kappa shape index (κ3) is 3.68. The molecule has 0 aromatic rings. The highest BCUT2D eigenvalue weighted by Crippen LogP contribution is 2.20. The van der Waals surface area contributed by atoms with Crippen molar-refractivity contribution in [3.8, 4) is 0 Å². The molecular weight excluding hydrogens is 234 g/mol. The first kappa shape index (κ1) is 14.9. The van der Waals surface area contributed by atoms with Gasteiger partial charge in [-0.15, -0.1) is 0 Å². The van der Waals surface area contributed by atoms with Crippen LogP contribution in [-0.2, 0) is 9.59 Å². The summed E-state index contributed by atoms with van der Waals surface area (Å²) in [7, 11) is 4.00. The lowest BCUT2D eigenvalue weighted by molar-refractivity contribution is -0.137. The molecule has 1 fully saturated rings. The third-order valence-corrected chi connectivity index (χ3v) is 3.53. The second kappa shape index (κ2) is 6.15. The van der Waals surface area contributed by atoms with Gasteiger partial charge in [0.2, 0.25) is 5.91 Å². The van der Waals surface area contributed by atoms with E-state index >= 15 is 0 Å². The summed E-state index contributed by atoms with van der Waals surface area (Å²) in [6, 6.07) is -0.352. The Morgan fingerprint density at radius 1 is 1.44 bits per heavy atom. The minimum atomic E-state index is -0.917. The largest absolute Gasteiger partial charge is 0.481 e. The molecule has 0 aliphatic carbocycles. The van der Waals surface area contributed by atoms with Crippen molar-refractivity contribution < 1.29 is 14.7 Å². The number of likely N-dealkylation sites (tertiary alicyclic amines) is 1. The Morgan fingerprint density at radius 2 is 2.06 bits per heavy atom. The molecule has 3 unspecified atom stereocenters. The molecule has 0 saturated carbocycles. The van der Waals surface area contributed by atoms with Crippen LogP contribution in [0.5, 0.6) is 0 Å². The highest BCUT2D eigenvalue weighted by molar-refractivity contribution is 5.82. The maximum atomic E-state index is 12.1. The van der Waals surface area contributed by atoms with E-state index in [4.69, 9.17) is 10.8 Å². The van der Waals surface area contributed by atoms with Crippen molar-refractivity contribution in [2.24, 2.45) is 11.7 Å². The van der Waals surface area contributed by atoms with Gasteiger partial charge in [0.15, 0.2) is 0 Å². The first-order valence-corrected chi connectivity index (χ1v) is 6.25. The van der Waals surface area contributed by atoms with E-state index in [1.165, 1.54) is 0 Å². The van der Waals surface area contributed by atoms with E-state index in [9.17, 15) is 9.59 Å². The van der Waals surface area contributed by atoms with E-state index in [1.54, 1.807) is 4.90 Å². The van der Waals surface area contributed by atoms with E-state index in [1.807, 2.05) is 14.1 Å². The zero-order valence-corrected chi connectivity index (χ0v) is 11.3. The normalized spacial score (nSPS) is 25.5. The van der Waals surface area contributed by atoms with Crippen molar-refractivity contribution in [2.45, 2.75) is 31.8 Å². The third-order valence-electron chi connectivity index (χ3n) is 3.53. The Bertz CT molecular complexity index is 320. The summed E-state index contributed by atoms with van der Waals surface area (Å²) in [5.74, 6) is -0.637. The van der Waals surface area contributed by atoms with Crippen molar-refractivity contribution in [1.29, 1.82) is 0 Å². The molecule has 1 heterocycles. The number of amides is 1. The van der Waals surface area contributed by atoms with Crippen LogP contribution in [0.2, 0.25) is 0 Å². The second-order valence-electron chi connectivity index (χ2n) is 5.29. The van der Waals surface area contributed by atoms with Crippen LogP contribution in [0.25, 0.3) is 0 Å². The molecule has 3 atom stereocenters. The van der Waals surface area contributed by atoms with E-state index < -0.39 is 12.0 Å². The first-order valence-electron chi connectivity index (χ1n) is 6.25. The zero-order valence-electron chi connectivity index (χ0n) is 11.3. The number of hydrogen-bond donors (Lipinski definition) is 2. The van der Waals surface area contributed by atoms with Gasteiger partial charge in [-0.05, 0) is 26.4 Å². The Morgan fingerprint density at radius 3 is 2.50 bits per heavy atom. The SMILES string of the molecule is CC1CN(C(=O)C(N)CCC(=O)O)CC1N(C)C. The zero-order chi connectivity index (χ0) is 13.9. The fourth-order valence-electron chi connectivity index (χ4n) is 2.44. The molecule has 0 aromatic heterocycles. The van der Waals surface area contributed by atoms with Gasteiger partial charge in [0.05, 0.1) is 6.04 Å². The molecule has 1 aliphatic rings. The smallest absolute Gasteiger partial charge is 0.303 e. The van der Waals surface area contributed by atoms with Gasteiger partial charge in [-0.2, -0.15) is 0 Å². The lowest BCUT2D eigenvalue weighted by Gasteiger charge is -2.23. The highest BCUT2D eigenvalue weighted by Gasteiger charge is 2.35. The lowest BCUT2D eigenvalue weighted by atomic mass is 10.1. The van der Waals surface area contributed by atoms with Gasteiger partial charge in [-0.3, -0.25) is 9.59 Å². The van der Waals surface area contributed by atoms with Crippen molar-refractivity contribution >= 4 is 11.9 Å². The summed E-state index contributed by atoms with van der Waals surface area (Å²) in [5.41, 5.74) is 5.74. The van der Waals surface area contributed by atoms with Crippen molar-refractivity contribution in [2.75, 3.05) is 27.2 Å². The van der Waals surface area contributed by atoms with Crippen LogP contribution in [0.3, 0.4) is 0 Å². The number of carbonyl (C=O) groups is 2. The van der Waals surface area contributed by atoms with Crippen LogP contribution in [-0.4, -0.2) is 66.1 Å². The van der Waals surface area contributed by atoms with Gasteiger partial charge in [0.25, 0.3) is 0 Å². The van der Waals surface area contributed by atoms with Crippen LogP contribution in [0.1, 0.15) is 19.8 Å². The van der Waals surface area contributed by atoms with E-state index in [-0.39, 0.29) is 18.7 Å². The molecule has 3 N–H and O–H groups in total. The summed E-state index contributed by atoms with van der Waals surface area (Å²) in [6.07, 6.45) is 0.138. The number of nitrogens with zero attached hydrogens (tertiary/aromatic N) is 2. The Balaban J connectivity index is 2.50. The number of rotatable bonds is 5. The van der Waals surface area contributed by atoms with Crippen LogP contribution in [0, 0.1) is 5.92 Å². The van der Waals surface area contributed by atoms with Gasteiger partial charge in [-0.25, -0.2) is 0 Å². The van der Waals surface area contributed by atoms with E-state index in [0.29, 0.717) is 25.0 Å². The molecule has 0 aromatic carbocycles. The summed E-state index contributed by atoms with van der Waals surface area (Å²) in [6.45, 7) is 3.48. The number of hydrogen-bond acceptors (Lipinski definition) is 4. The van der Waals surface area contributed by atoms with Crippen molar-refractivity contribution in [3.63, 3.8) is 0 Å². The first-order chi connectivity index (χ1) is 8.32. The fraction of sp³-hybridized carbons (Fsp3) is 0.833. The average Bonchev–Trinajstić information content (AvgIpc) is 2.67. The van der Waals surface area contributed by atoms with Crippen molar-refractivity contribution in [3.05, 3.63) is 0 Å². The topological polar surface area (TPSA) is 86.9 Å². The Hall–Kier alpha value is -1.14. The maximum Gasteiger partial charge on any atom is 0.303 e. The minimum absolute atomic E-state index is 0.0621. The minimum Gasteiger partial charge on any atom is -0.481 e. The monoisotopic (exact) mass is 257 g/mol. The van der Waals surface area contributed by atoms with Gasteiger partial charge in [0, 0.05) is 25.6 Å². The molecule has 18 heavy (non-hydrogen) atoms. The number of nitrogens with two attached hydrogens (primary N) is 1. The van der Waals surface area contributed by atoms with Gasteiger partial charge in [-0.1, -0.05) is 6.92 Å². The molecule has 0 radical (unpaired) electrons. The van der Waals surface area contributed by atoms with Crippen molar-refractivity contribution in [1.82, 2.24) is 9.80 Å². The predicted octanol–water partition coefficient (Wildman–Crippen LogP) is -0.413. The average molecular weight is 257 g/mol. The molecule has 1 saturated heterocycles. The van der Waals surface area contributed by atoms with E-state index in [0.717, 1.165) is 0 Å². The van der Waals surface area contributed by atoms with Crippen LogP contribution in [0.4, 0.5) is 0 Å². The molecule has 0 bridgehead atoms. The number of carboxylic acids is 1. The number of carbonyl (C=O) groups excluding carboxylic acids is 1. The predicted molar refractivity (Wildman–Crippen MR) is 68.1 cm³/mol. The van der Waals surface area contributed by atoms with Crippen LogP contribution < -0.4 is 5.73 Å². The van der Waals surface area contributed by atoms with Gasteiger partial charge in [0.1, 0.15) is 0 Å². The summed E-state index contributed by atoms with van der Waals surface area (Å²) in [4.78, 5) is 26.4. The molecule has 6 heteroatoms. The quantitative estimate of drug-likeness (QED) is 0.699. The van der Waals surface area contributed by atoms with Crippen LogP contribution in [0.15, 0.2) is 0 Å². The van der Waals surface area contributed by atoms with Gasteiger partial charge < -0.3 is 20.6 Å². The van der Waals surface area contributed by atoms with Crippen LogP contribution >= 0.6 is 0 Å². The summed E-state index contributed by atoms with van der Waals surface area (Å²) >= 11 is 0. The maximum absolute atomic E-state index is 12.1. The Kier molecular flexibility index (Phi) is 5.10. The number of aliphatic carboxylic acids is 1. The summed E-state index contributed by atoms with van der Waals surface area (Å²) in [5, 5.41) is 8.58. The standard InChI is InChI=1S/C12H23N3O3/c1-8-6-15(7-10(8)14(2)3)12(18)9(13)4-5-11(16)17/h8-10H,4-7,13H2,1-3H3,(H,16,17). The number of carboxylic acid groups (broad SMARTS) is 1. The molecule has 1 aliphatic heterocycles. The molecule has 1 rings (SSSR count). The molecule has 104 valence electrons. The fourth-order valence-corrected chi connectivity index (χ4v) is 2.44. The second-order valence-corrected chi connectivity index (χ2v) is 5.29. The highest BCUT2D eigenvalue weighted by atomic mass is 16.4. The lowest BCUT2D eigenvalue weighted by Crippen LogP contribution is -2.44. The van der Waals surface area contributed by atoms with Gasteiger partial charge >= 0.3 is 5.97 Å². The Labute approximate surface area is 108 Å². The number of likely N-dealkylation sites (N-methyl/N-ethyl adjacent to an activating group) is 1. The summed E-state index contributed by atoms with van der Waals surface area (Å²) < 4.78 is 0. The molecular formula is C12H23N3O3.